The average Bonchev–Trinajstić information content (AvgIpc) is 0.706. The largest absolute Gasteiger partial charge is 0.432 e. The molecule has 0 radical (unpaired) electrons. The summed E-state index contributed by atoms with van der Waals surface area (Å²) in [6.45, 7) is 17.3. The van der Waals surface area contributed by atoms with Gasteiger partial charge in [-0.1, -0.05) is 60.1 Å². The van der Waals surface area contributed by atoms with Gasteiger partial charge in [0.25, 0.3) is 0 Å². The maximum atomic E-state index is 15.2. The summed E-state index contributed by atoms with van der Waals surface area (Å²) in [6, 6.07) is 0. The first-order chi connectivity index (χ1) is 39.3. The van der Waals surface area contributed by atoms with Crippen LogP contribution >= 0.6 is 0 Å². The first kappa shape index (κ1) is 65.2. The molecule has 10 rings (SSSR count). The molecule has 5 aliphatic carbocycles. The maximum absolute atomic E-state index is 15.2. The van der Waals surface area contributed by atoms with E-state index < -0.39 is 177 Å². The van der Waals surface area contributed by atoms with Gasteiger partial charge in [-0.3, -0.25) is 4.79 Å². The molecular weight excluding hydrogens is 1110 g/mol. The van der Waals surface area contributed by atoms with Gasteiger partial charge in [0.2, 0.25) is 6.29 Å². The fraction of sp³-hybridized carbons (Fsp3) is 0.949. The van der Waals surface area contributed by atoms with Crippen molar-refractivity contribution in [3.8, 4) is 0 Å². The van der Waals surface area contributed by atoms with E-state index in [1.54, 1.807) is 0 Å². The van der Waals surface area contributed by atoms with Gasteiger partial charge in [0.05, 0.1) is 43.5 Å². The lowest BCUT2D eigenvalue weighted by molar-refractivity contribution is -0.364. The van der Waals surface area contributed by atoms with E-state index in [1.807, 2.05) is 0 Å². The van der Waals surface area contributed by atoms with Crippen LogP contribution in [0.2, 0.25) is 0 Å². The molecule has 0 spiro atoms. The van der Waals surface area contributed by atoms with Crippen LogP contribution in [0.1, 0.15) is 127 Å². The molecule has 0 aromatic carbocycles. The number of fused-ring (bicyclic) bond motifs is 7. The van der Waals surface area contributed by atoms with Crippen LogP contribution in [0.15, 0.2) is 11.6 Å². The number of aliphatic hydroxyl groups excluding tert-OH is 14. The van der Waals surface area contributed by atoms with Crippen LogP contribution in [0.25, 0.3) is 0 Å². The Hall–Kier alpha value is -1.71. The Bertz CT molecular complexity index is 2340. The van der Waals surface area contributed by atoms with E-state index in [4.69, 9.17) is 47.4 Å². The zero-order chi connectivity index (χ0) is 61.3. The highest BCUT2D eigenvalue weighted by atomic mass is 16.8. The van der Waals surface area contributed by atoms with Crippen molar-refractivity contribution in [1.82, 2.24) is 0 Å². The summed E-state index contributed by atoms with van der Waals surface area (Å²) in [7, 11) is 0. The smallest absolute Gasteiger partial charge is 0.315 e. The van der Waals surface area contributed by atoms with Crippen molar-refractivity contribution in [1.29, 1.82) is 0 Å². The number of esters is 1. The van der Waals surface area contributed by atoms with Gasteiger partial charge >= 0.3 is 5.97 Å². The molecule has 6 unspecified atom stereocenters. The molecule has 0 amide bonds. The predicted molar refractivity (Wildman–Crippen MR) is 287 cm³/mol. The van der Waals surface area contributed by atoms with Crippen molar-refractivity contribution in [2.45, 2.75) is 280 Å². The van der Waals surface area contributed by atoms with Crippen molar-refractivity contribution in [2.24, 2.45) is 50.2 Å². The highest BCUT2D eigenvalue weighted by molar-refractivity contribution is 5.79. The molecule has 0 aromatic rings. The van der Waals surface area contributed by atoms with Crippen molar-refractivity contribution in [2.75, 3.05) is 19.8 Å². The zero-order valence-corrected chi connectivity index (χ0v) is 49.7. The van der Waals surface area contributed by atoms with Crippen LogP contribution in [0.4, 0.5) is 0 Å². The summed E-state index contributed by atoms with van der Waals surface area (Å²) in [5.41, 5.74) is -1.12. The number of hydrogen-bond acceptors (Lipinski definition) is 25. The molecule has 5 aliphatic heterocycles. The highest BCUT2D eigenvalue weighted by Gasteiger charge is 2.70. The van der Waals surface area contributed by atoms with Crippen LogP contribution in [0.5, 0.6) is 0 Å². The van der Waals surface area contributed by atoms with Crippen LogP contribution in [-0.4, -0.2) is 251 Å². The van der Waals surface area contributed by atoms with E-state index in [1.165, 1.54) is 19.4 Å². The van der Waals surface area contributed by atoms with E-state index in [9.17, 15) is 71.5 Å². The standard InChI is InChI=1S/C59H96O25/c1-24-34(62)38(66)42(70)49(77-24)82-46-29(21-60)79-48(45(73)41(46)69)76-23-30-37(65)40(68)44(72)51(80-30)84-53(74)59-18-16-54(3,4)20-27(59)26-10-11-32-56(7)14-13-33(55(5,6)31(56)12-15-58(32,9)57(26,8)17-19-59)81-52-47(36(64)28(61)22-75-52)83-50-43(71)39(67)35(63)25(2)78-50/h10,24-25,27-52,60-73H,11-23H2,1-9H3/t24-,25-,27?,28-,29+,30+,31?,32?,33-,34-,35-,36-,37+,38+,39+,40-,41+,42+,43+,44+,45+,46+,47+,48+,49-,50-,51-,52-,56?,57+,58?,59?/m0/s1. The molecule has 14 N–H and O–H groups in total. The molecule has 25 heteroatoms. The SMILES string of the molecule is C[C@@H]1O[C@@H](O[C@H]2[C@H](O[C@H]3CCC4(C)C(CCC5(C)C4CC=C4C6CC(C)(C)CCC6(C(=O)O[C@@H]6O[C@H](CO[C@@H]7O[C@H](CO)[C@@H](O[C@@H]8O[C@@H](C)[C@H](O)[C@@H](O)[C@H]8O)[C@H](O)[C@H]7O)[C@@H](O)[C@H](O)[C@H]6O)CC[C@]45C)C3(C)C)OC[C@H](O)[C@@H]2O)[C@H](O)[C@H](O)[C@H]1O. The Morgan fingerprint density at radius 1 is 0.560 bits per heavy atom. The molecule has 32 atom stereocenters. The molecule has 5 heterocycles. The lowest BCUT2D eigenvalue weighted by Crippen LogP contribution is -2.66. The summed E-state index contributed by atoms with van der Waals surface area (Å²) in [4.78, 5) is 15.2. The minimum absolute atomic E-state index is 0.150. The Morgan fingerprint density at radius 3 is 1.76 bits per heavy atom. The number of carbonyl (C=O) groups is 1. The normalized spacial score (nSPS) is 54.6. The number of carbonyl (C=O) groups excluding carboxylic acids is 1. The van der Waals surface area contributed by atoms with Gasteiger partial charge in [-0.25, -0.2) is 0 Å². The summed E-state index contributed by atoms with van der Waals surface area (Å²) < 4.78 is 59.6. The average molecular weight is 1210 g/mol. The Kier molecular flexibility index (Phi) is 18.5. The van der Waals surface area contributed by atoms with E-state index in [-0.39, 0.29) is 52.1 Å². The Morgan fingerprint density at radius 2 is 1.13 bits per heavy atom. The van der Waals surface area contributed by atoms with Gasteiger partial charge in [0, 0.05) is 0 Å². The monoisotopic (exact) mass is 1200 g/mol. The third-order valence-electron chi connectivity index (χ3n) is 23.0. The maximum Gasteiger partial charge on any atom is 0.315 e. The number of rotatable bonds is 12. The van der Waals surface area contributed by atoms with E-state index in [0.29, 0.717) is 38.5 Å². The first-order valence-corrected chi connectivity index (χ1v) is 30.5. The van der Waals surface area contributed by atoms with Gasteiger partial charge < -0.3 is 119 Å². The molecule has 4 saturated carbocycles. The molecular formula is C59H96O25. The first-order valence-electron chi connectivity index (χ1n) is 30.5. The van der Waals surface area contributed by atoms with Crippen LogP contribution in [-0.2, 0) is 52.2 Å². The summed E-state index contributed by atoms with van der Waals surface area (Å²) in [5, 5.41) is 151. The minimum atomic E-state index is -1.88. The van der Waals surface area contributed by atoms with Gasteiger partial charge in [0.1, 0.15) is 104 Å². The van der Waals surface area contributed by atoms with Gasteiger partial charge in [-0.15, -0.1) is 0 Å². The third-order valence-corrected chi connectivity index (χ3v) is 23.0. The summed E-state index contributed by atoms with van der Waals surface area (Å²) >= 11 is 0. The third kappa shape index (κ3) is 10.9. The van der Waals surface area contributed by atoms with E-state index in [0.717, 1.165) is 25.7 Å². The molecule has 25 nitrogen and oxygen atoms in total. The second-order valence-corrected chi connectivity index (χ2v) is 28.6. The lowest BCUT2D eigenvalue weighted by Gasteiger charge is -2.71. The predicted octanol–water partition coefficient (Wildman–Crippen LogP) is -1.52. The van der Waals surface area contributed by atoms with Gasteiger partial charge in [-0.05, 0) is 123 Å². The Balaban J connectivity index is 0.824. The molecule has 0 bridgehead atoms. The molecule has 10 aliphatic rings. The molecule has 482 valence electrons. The number of ether oxygens (including phenoxy) is 10. The summed E-state index contributed by atoms with van der Waals surface area (Å²) in [5.74, 6) is -0.449. The van der Waals surface area contributed by atoms with Crippen LogP contribution in [0, 0.1) is 50.2 Å². The second-order valence-electron chi connectivity index (χ2n) is 28.6. The lowest BCUT2D eigenvalue weighted by atomic mass is 9.33. The summed E-state index contributed by atoms with van der Waals surface area (Å²) in [6.07, 6.45) is -27.9. The minimum Gasteiger partial charge on any atom is -0.432 e. The van der Waals surface area contributed by atoms with Crippen LogP contribution < -0.4 is 0 Å². The van der Waals surface area contributed by atoms with E-state index in [2.05, 4.69) is 54.5 Å². The second kappa shape index (κ2) is 23.8. The van der Waals surface area contributed by atoms with Crippen molar-refractivity contribution in [3.63, 3.8) is 0 Å². The number of hydrogen-bond donors (Lipinski definition) is 14. The van der Waals surface area contributed by atoms with E-state index >= 15 is 4.79 Å². The molecule has 5 saturated heterocycles. The van der Waals surface area contributed by atoms with Crippen molar-refractivity contribution >= 4 is 5.97 Å². The molecule has 9 fully saturated rings. The van der Waals surface area contributed by atoms with Crippen molar-refractivity contribution in [3.05, 3.63) is 11.6 Å². The quantitative estimate of drug-likeness (QED) is 0.0600. The highest BCUT2D eigenvalue weighted by Crippen LogP contribution is 2.76. The number of aliphatic hydroxyl groups is 14. The fourth-order valence-electron chi connectivity index (χ4n) is 17.5. The van der Waals surface area contributed by atoms with Crippen molar-refractivity contribution < 1.29 is 124 Å². The molecule has 0 aromatic heterocycles. The van der Waals surface area contributed by atoms with Crippen LogP contribution in [0.3, 0.4) is 0 Å². The van der Waals surface area contributed by atoms with Gasteiger partial charge in [-0.2, -0.15) is 0 Å². The zero-order valence-electron chi connectivity index (χ0n) is 49.7. The molecule has 84 heavy (non-hydrogen) atoms. The number of allylic oxidation sites excluding steroid dienone is 2. The van der Waals surface area contributed by atoms with Gasteiger partial charge in [0.15, 0.2) is 25.2 Å². The Labute approximate surface area is 490 Å². The fourth-order valence-corrected chi connectivity index (χ4v) is 17.5. The topological polar surface area (TPSA) is 393 Å².